The number of hydrogen-bond donors (Lipinski definition) is 1. The average molecular weight is 391 g/mol. The van der Waals surface area contributed by atoms with Crippen LogP contribution in [0.4, 0.5) is 5.69 Å². The lowest BCUT2D eigenvalue weighted by Crippen LogP contribution is -2.28. The molecule has 1 heterocycles. The van der Waals surface area contributed by atoms with Gasteiger partial charge in [-0.25, -0.2) is 0 Å². The van der Waals surface area contributed by atoms with Crippen LogP contribution in [0.25, 0.3) is 6.08 Å². The summed E-state index contributed by atoms with van der Waals surface area (Å²) in [7, 11) is 1.76. The highest BCUT2D eigenvalue weighted by Crippen LogP contribution is 2.24. The fourth-order valence-corrected chi connectivity index (χ4v) is 2.93. The molecule has 1 N–H and O–H groups in total. The predicted octanol–water partition coefficient (Wildman–Crippen LogP) is 3.75. The zero-order chi connectivity index (χ0) is 19.8. The summed E-state index contributed by atoms with van der Waals surface area (Å²) in [6.07, 6.45) is 3.12. The van der Waals surface area contributed by atoms with Crippen LogP contribution in [-0.4, -0.2) is 46.8 Å². The molecule has 2 aromatic rings. The average Bonchev–Trinajstić information content (AvgIpc) is 2.90. The number of likely N-dealkylation sites (N-methyl/N-ethyl adjacent to an activating group) is 1. The molecule has 0 spiro atoms. The standard InChI is InChI=1S/C20H27ClN4O2/c1-5-25(6-2)13-14-27-18-10-8-7-9-17(18)22-19(26)12-11-16-15(3)23-24(4)20(16)21/h7-12H,5-6,13-14H2,1-4H3,(H,22,26)/b12-11+. The summed E-state index contributed by atoms with van der Waals surface area (Å²) in [6.45, 7) is 9.48. The van der Waals surface area contributed by atoms with E-state index in [2.05, 4.69) is 29.2 Å². The first-order valence-electron chi connectivity index (χ1n) is 9.08. The van der Waals surface area contributed by atoms with E-state index >= 15 is 0 Å². The molecule has 0 atom stereocenters. The van der Waals surface area contributed by atoms with Gasteiger partial charge in [-0.1, -0.05) is 37.6 Å². The van der Waals surface area contributed by atoms with Gasteiger partial charge in [0.05, 0.1) is 11.4 Å². The first-order valence-corrected chi connectivity index (χ1v) is 9.46. The number of nitrogens with one attached hydrogen (secondary N) is 1. The number of anilines is 1. The molecule has 0 fully saturated rings. The lowest BCUT2D eigenvalue weighted by molar-refractivity contribution is -0.111. The number of carbonyl (C=O) groups excluding carboxylic acids is 1. The van der Waals surface area contributed by atoms with Gasteiger partial charge in [-0.2, -0.15) is 5.10 Å². The van der Waals surface area contributed by atoms with Gasteiger partial charge in [-0.15, -0.1) is 0 Å². The first-order chi connectivity index (χ1) is 13.0. The van der Waals surface area contributed by atoms with Crippen molar-refractivity contribution in [3.05, 3.63) is 46.8 Å². The minimum atomic E-state index is -0.255. The summed E-state index contributed by atoms with van der Waals surface area (Å²) < 4.78 is 7.44. The molecule has 0 saturated carbocycles. The number of ether oxygens (including phenoxy) is 1. The van der Waals surface area contributed by atoms with E-state index in [-0.39, 0.29) is 5.91 Å². The second-order valence-electron chi connectivity index (χ2n) is 6.11. The Kier molecular flexibility index (Phi) is 7.88. The number of benzene rings is 1. The Morgan fingerprint density at radius 1 is 1.33 bits per heavy atom. The van der Waals surface area contributed by atoms with Crippen molar-refractivity contribution in [3.63, 3.8) is 0 Å². The second-order valence-corrected chi connectivity index (χ2v) is 6.47. The second kappa shape index (κ2) is 10.1. The quantitative estimate of drug-likeness (QED) is 0.662. The van der Waals surface area contributed by atoms with Gasteiger partial charge in [0.2, 0.25) is 5.91 Å². The molecule has 0 aliphatic rings. The van der Waals surface area contributed by atoms with Crippen LogP contribution < -0.4 is 10.1 Å². The molecule has 0 saturated heterocycles. The summed E-state index contributed by atoms with van der Waals surface area (Å²) in [5.41, 5.74) is 2.14. The molecule has 6 nitrogen and oxygen atoms in total. The smallest absolute Gasteiger partial charge is 0.248 e. The topological polar surface area (TPSA) is 59.4 Å². The Balaban J connectivity index is 2.00. The SMILES string of the molecule is CCN(CC)CCOc1ccccc1NC(=O)/C=C/c1c(C)nn(C)c1Cl. The van der Waals surface area contributed by atoms with E-state index in [1.807, 2.05) is 31.2 Å². The van der Waals surface area contributed by atoms with Gasteiger partial charge in [0.25, 0.3) is 0 Å². The third-order valence-corrected chi connectivity index (χ3v) is 4.75. The molecule has 2 rings (SSSR count). The molecule has 0 aliphatic heterocycles. The number of carbonyl (C=O) groups is 1. The van der Waals surface area contributed by atoms with E-state index in [1.165, 1.54) is 6.08 Å². The van der Waals surface area contributed by atoms with Gasteiger partial charge in [-0.05, 0) is 38.2 Å². The van der Waals surface area contributed by atoms with Crippen LogP contribution in [-0.2, 0) is 11.8 Å². The monoisotopic (exact) mass is 390 g/mol. The van der Waals surface area contributed by atoms with Crippen LogP contribution in [0.15, 0.2) is 30.3 Å². The molecule has 7 heteroatoms. The minimum Gasteiger partial charge on any atom is -0.490 e. The van der Waals surface area contributed by atoms with Crippen LogP contribution in [0, 0.1) is 6.92 Å². The summed E-state index contributed by atoms with van der Waals surface area (Å²) in [6, 6.07) is 7.42. The zero-order valence-corrected chi connectivity index (χ0v) is 17.1. The van der Waals surface area contributed by atoms with E-state index in [0.29, 0.717) is 23.2 Å². The highest BCUT2D eigenvalue weighted by molar-refractivity contribution is 6.31. The zero-order valence-electron chi connectivity index (χ0n) is 16.3. The van der Waals surface area contributed by atoms with Crippen LogP contribution in [0.5, 0.6) is 5.75 Å². The number of aromatic nitrogens is 2. The molecule has 0 radical (unpaired) electrons. The summed E-state index contributed by atoms with van der Waals surface area (Å²) in [4.78, 5) is 14.6. The molecule has 0 unspecified atom stereocenters. The normalized spacial score (nSPS) is 11.3. The maximum Gasteiger partial charge on any atom is 0.248 e. The van der Waals surface area contributed by atoms with Crippen molar-refractivity contribution in [3.8, 4) is 5.75 Å². The van der Waals surface area contributed by atoms with E-state index in [9.17, 15) is 4.79 Å². The predicted molar refractivity (Wildman–Crippen MR) is 110 cm³/mol. The lowest BCUT2D eigenvalue weighted by atomic mass is 10.2. The fraction of sp³-hybridized carbons (Fsp3) is 0.400. The number of aryl methyl sites for hydroxylation is 2. The van der Waals surface area contributed by atoms with Crippen molar-refractivity contribution in [2.45, 2.75) is 20.8 Å². The van der Waals surface area contributed by atoms with Gasteiger partial charge in [-0.3, -0.25) is 9.48 Å². The number of para-hydroxylation sites is 2. The Morgan fingerprint density at radius 3 is 2.67 bits per heavy atom. The lowest BCUT2D eigenvalue weighted by Gasteiger charge is -2.19. The summed E-state index contributed by atoms with van der Waals surface area (Å²) >= 11 is 6.18. The first kappa shape index (κ1) is 21.0. The largest absolute Gasteiger partial charge is 0.490 e. The molecule has 1 amide bonds. The van der Waals surface area contributed by atoms with Crippen molar-refractivity contribution in [2.24, 2.45) is 7.05 Å². The van der Waals surface area contributed by atoms with Crippen molar-refractivity contribution >= 4 is 29.3 Å². The third-order valence-electron chi connectivity index (χ3n) is 4.30. The Morgan fingerprint density at radius 2 is 2.04 bits per heavy atom. The summed E-state index contributed by atoms with van der Waals surface area (Å²) in [5.74, 6) is 0.399. The number of amides is 1. The molecule has 0 aliphatic carbocycles. The van der Waals surface area contributed by atoms with E-state index in [0.717, 1.165) is 30.9 Å². The molecule has 1 aromatic heterocycles. The highest BCUT2D eigenvalue weighted by Gasteiger charge is 2.10. The number of nitrogens with zero attached hydrogens (tertiary/aromatic N) is 3. The fourth-order valence-electron chi connectivity index (χ4n) is 2.69. The van der Waals surface area contributed by atoms with Crippen molar-refractivity contribution in [1.82, 2.24) is 14.7 Å². The molecule has 1 aromatic carbocycles. The molecule has 0 bridgehead atoms. The number of halogens is 1. The van der Waals surface area contributed by atoms with E-state index < -0.39 is 0 Å². The summed E-state index contributed by atoms with van der Waals surface area (Å²) in [5, 5.41) is 7.58. The van der Waals surface area contributed by atoms with Crippen molar-refractivity contribution < 1.29 is 9.53 Å². The molecular formula is C20H27ClN4O2. The van der Waals surface area contributed by atoms with Gasteiger partial charge in [0.15, 0.2) is 0 Å². The van der Waals surface area contributed by atoms with Gasteiger partial charge in [0.1, 0.15) is 17.5 Å². The Bertz CT molecular complexity index is 797. The maximum absolute atomic E-state index is 12.3. The highest BCUT2D eigenvalue weighted by atomic mass is 35.5. The van der Waals surface area contributed by atoms with Gasteiger partial charge in [0, 0.05) is 25.2 Å². The van der Waals surface area contributed by atoms with Crippen molar-refractivity contribution in [2.75, 3.05) is 31.6 Å². The number of hydrogen-bond acceptors (Lipinski definition) is 4. The van der Waals surface area contributed by atoms with Crippen LogP contribution in [0.1, 0.15) is 25.1 Å². The van der Waals surface area contributed by atoms with E-state index in [1.54, 1.807) is 17.8 Å². The molecule has 146 valence electrons. The van der Waals surface area contributed by atoms with Gasteiger partial charge < -0.3 is 15.0 Å². The van der Waals surface area contributed by atoms with Crippen molar-refractivity contribution in [1.29, 1.82) is 0 Å². The third kappa shape index (κ3) is 5.84. The van der Waals surface area contributed by atoms with Crippen LogP contribution in [0.3, 0.4) is 0 Å². The Labute approximate surface area is 165 Å². The maximum atomic E-state index is 12.3. The van der Waals surface area contributed by atoms with Gasteiger partial charge >= 0.3 is 0 Å². The minimum absolute atomic E-state index is 0.255. The van der Waals surface area contributed by atoms with Crippen LogP contribution in [0.2, 0.25) is 5.15 Å². The van der Waals surface area contributed by atoms with Crippen LogP contribution >= 0.6 is 11.6 Å². The Hall–Kier alpha value is -2.31. The molecular weight excluding hydrogens is 364 g/mol. The number of rotatable bonds is 9. The molecule has 27 heavy (non-hydrogen) atoms. The van der Waals surface area contributed by atoms with E-state index in [4.69, 9.17) is 16.3 Å².